The Bertz CT molecular complexity index is 487. The molecule has 1 fully saturated rings. The van der Waals surface area contributed by atoms with Crippen molar-refractivity contribution in [3.05, 3.63) is 23.8 Å². The first-order valence-corrected chi connectivity index (χ1v) is 6.97. The molecule has 2 aliphatic rings. The number of fused-ring (bicyclic) bond motifs is 1. The average molecular weight is 297 g/mol. The minimum absolute atomic E-state index is 0. The number of piperidine rings is 1. The Morgan fingerprint density at radius 3 is 2.85 bits per heavy atom. The van der Waals surface area contributed by atoms with Gasteiger partial charge in [-0.1, -0.05) is 6.07 Å². The van der Waals surface area contributed by atoms with Gasteiger partial charge >= 0.3 is 0 Å². The molecule has 20 heavy (non-hydrogen) atoms. The standard InChI is InChI=1S/C15H20N2O2.ClH/c1-17-13-9-12(8-11-4-6-16-7-5-11)2-3-14(13)19-10-15(17)18;/h2-3,9,11,16H,4-8,10H2,1H3;1H. The minimum atomic E-state index is 0. The first-order valence-electron chi connectivity index (χ1n) is 6.97. The summed E-state index contributed by atoms with van der Waals surface area (Å²) in [5.41, 5.74) is 2.21. The third-order valence-electron chi connectivity index (χ3n) is 4.09. The number of carbonyl (C=O) groups is 1. The number of rotatable bonds is 2. The first-order chi connectivity index (χ1) is 9.24. The Balaban J connectivity index is 0.00000147. The fourth-order valence-corrected chi connectivity index (χ4v) is 2.86. The zero-order valence-electron chi connectivity index (χ0n) is 11.7. The maximum atomic E-state index is 11.7. The van der Waals surface area contributed by atoms with Gasteiger partial charge in [0.05, 0.1) is 5.69 Å². The molecule has 5 heteroatoms. The summed E-state index contributed by atoms with van der Waals surface area (Å²) < 4.78 is 5.45. The lowest BCUT2D eigenvalue weighted by Gasteiger charge is -2.27. The smallest absolute Gasteiger partial charge is 0.264 e. The van der Waals surface area contributed by atoms with E-state index in [0.717, 1.165) is 36.9 Å². The monoisotopic (exact) mass is 296 g/mol. The highest BCUT2D eigenvalue weighted by atomic mass is 35.5. The van der Waals surface area contributed by atoms with E-state index in [1.165, 1.54) is 18.4 Å². The number of ether oxygens (including phenoxy) is 1. The quantitative estimate of drug-likeness (QED) is 0.908. The van der Waals surface area contributed by atoms with Crippen LogP contribution in [0.1, 0.15) is 18.4 Å². The fraction of sp³-hybridized carbons (Fsp3) is 0.533. The summed E-state index contributed by atoms with van der Waals surface area (Å²) in [6, 6.07) is 6.23. The van der Waals surface area contributed by atoms with E-state index < -0.39 is 0 Å². The highest BCUT2D eigenvalue weighted by Crippen LogP contribution is 2.33. The van der Waals surface area contributed by atoms with Crippen LogP contribution in [-0.4, -0.2) is 32.7 Å². The van der Waals surface area contributed by atoms with Crippen LogP contribution in [0.3, 0.4) is 0 Å². The van der Waals surface area contributed by atoms with Crippen molar-refractivity contribution in [3.8, 4) is 5.75 Å². The molecule has 110 valence electrons. The van der Waals surface area contributed by atoms with Gasteiger partial charge in [-0.2, -0.15) is 0 Å². The molecule has 2 aliphatic heterocycles. The lowest BCUT2D eigenvalue weighted by molar-refractivity contribution is -0.120. The third-order valence-corrected chi connectivity index (χ3v) is 4.09. The van der Waals surface area contributed by atoms with Crippen molar-refractivity contribution in [2.75, 3.05) is 31.6 Å². The molecule has 1 saturated heterocycles. The van der Waals surface area contributed by atoms with E-state index in [9.17, 15) is 4.79 Å². The average Bonchev–Trinajstić information content (AvgIpc) is 2.45. The van der Waals surface area contributed by atoms with Crippen molar-refractivity contribution in [2.24, 2.45) is 5.92 Å². The van der Waals surface area contributed by atoms with Gasteiger partial charge in [-0.3, -0.25) is 4.79 Å². The van der Waals surface area contributed by atoms with Gasteiger partial charge in [0.15, 0.2) is 6.61 Å². The molecular formula is C15H21ClN2O2. The fourth-order valence-electron chi connectivity index (χ4n) is 2.86. The van der Waals surface area contributed by atoms with Crippen LogP contribution >= 0.6 is 12.4 Å². The second-order valence-electron chi connectivity index (χ2n) is 5.44. The topological polar surface area (TPSA) is 41.6 Å². The number of nitrogens with zero attached hydrogens (tertiary/aromatic N) is 1. The second-order valence-corrected chi connectivity index (χ2v) is 5.44. The number of benzene rings is 1. The van der Waals surface area contributed by atoms with E-state index in [1.54, 1.807) is 4.90 Å². The predicted molar refractivity (Wildman–Crippen MR) is 81.9 cm³/mol. The molecule has 2 heterocycles. The second kappa shape index (κ2) is 6.46. The van der Waals surface area contributed by atoms with Gasteiger partial charge in [0.2, 0.25) is 0 Å². The van der Waals surface area contributed by atoms with E-state index in [4.69, 9.17) is 4.74 Å². The van der Waals surface area contributed by atoms with Gasteiger partial charge in [0, 0.05) is 7.05 Å². The molecule has 0 unspecified atom stereocenters. The molecule has 1 aromatic carbocycles. The number of nitrogens with one attached hydrogen (secondary N) is 1. The van der Waals surface area contributed by atoms with Crippen molar-refractivity contribution in [2.45, 2.75) is 19.3 Å². The van der Waals surface area contributed by atoms with Crippen LogP contribution in [0.15, 0.2) is 18.2 Å². The van der Waals surface area contributed by atoms with Gasteiger partial charge in [-0.05, 0) is 56.0 Å². The largest absolute Gasteiger partial charge is 0.482 e. The molecule has 0 aliphatic carbocycles. The van der Waals surface area contributed by atoms with Gasteiger partial charge < -0.3 is 15.0 Å². The summed E-state index contributed by atoms with van der Waals surface area (Å²) in [6.45, 7) is 2.39. The summed E-state index contributed by atoms with van der Waals surface area (Å²) >= 11 is 0. The van der Waals surface area contributed by atoms with E-state index in [0.29, 0.717) is 0 Å². The lowest BCUT2D eigenvalue weighted by atomic mass is 9.91. The molecule has 4 nitrogen and oxygen atoms in total. The Labute approximate surface area is 125 Å². The Morgan fingerprint density at radius 2 is 2.10 bits per heavy atom. The SMILES string of the molecule is CN1C(=O)COc2ccc(CC3CCNCC3)cc21.Cl. The molecule has 0 atom stereocenters. The van der Waals surface area contributed by atoms with Crippen molar-refractivity contribution < 1.29 is 9.53 Å². The summed E-state index contributed by atoms with van der Waals surface area (Å²) in [4.78, 5) is 13.3. The van der Waals surface area contributed by atoms with E-state index >= 15 is 0 Å². The first kappa shape index (κ1) is 15.1. The molecular weight excluding hydrogens is 276 g/mol. The summed E-state index contributed by atoms with van der Waals surface area (Å²) in [7, 11) is 1.82. The van der Waals surface area contributed by atoms with E-state index in [2.05, 4.69) is 17.4 Å². The minimum Gasteiger partial charge on any atom is -0.482 e. The molecule has 0 aromatic heterocycles. The van der Waals surface area contributed by atoms with Crippen LogP contribution in [0.5, 0.6) is 5.75 Å². The third kappa shape index (κ3) is 3.07. The molecule has 0 radical (unpaired) electrons. The van der Waals surface area contributed by atoms with Crippen molar-refractivity contribution in [3.63, 3.8) is 0 Å². The predicted octanol–water partition coefficient (Wildman–Crippen LogP) is 2.01. The normalized spacial score (nSPS) is 19.1. The van der Waals surface area contributed by atoms with Crippen LogP contribution in [0.25, 0.3) is 0 Å². The van der Waals surface area contributed by atoms with Crippen molar-refractivity contribution in [1.29, 1.82) is 0 Å². The molecule has 0 saturated carbocycles. The van der Waals surface area contributed by atoms with Gasteiger partial charge in [-0.15, -0.1) is 12.4 Å². The Kier molecular flexibility index (Phi) is 4.89. The number of amides is 1. The number of hydrogen-bond donors (Lipinski definition) is 1. The molecule has 3 rings (SSSR count). The van der Waals surface area contributed by atoms with Crippen LogP contribution in [0.4, 0.5) is 5.69 Å². The number of hydrogen-bond acceptors (Lipinski definition) is 3. The van der Waals surface area contributed by atoms with E-state index in [1.807, 2.05) is 13.1 Å². The summed E-state index contributed by atoms with van der Waals surface area (Å²) in [6.07, 6.45) is 3.57. The molecule has 1 N–H and O–H groups in total. The highest BCUT2D eigenvalue weighted by molar-refractivity contribution is 5.97. The Hall–Kier alpha value is -1.26. The van der Waals surface area contributed by atoms with Crippen LogP contribution in [-0.2, 0) is 11.2 Å². The van der Waals surface area contributed by atoms with E-state index in [-0.39, 0.29) is 24.9 Å². The number of halogens is 1. The highest BCUT2D eigenvalue weighted by Gasteiger charge is 2.23. The lowest BCUT2D eigenvalue weighted by Crippen LogP contribution is -2.35. The Morgan fingerprint density at radius 1 is 1.35 bits per heavy atom. The number of carbonyl (C=O) groups excluding carboxylic acids is 1. The number of anilines is 1. The van der Waals surface area contributed by atoms with Gasteiger partial charge in [0.25, 0.3) is 5.91 Å². The van der Waals surface area contributed by atoms with Gasteiger partial charge in [0.1, 0.15) is 5.75 Å². The van der Waals surface area contributed by atoms with Crippen LogP contribution in [0.2, 0.25) is 0 Å². The maximum Gasteiger partial charge on any atom is 0.264 e. The molecule has 1 amide bonds. The molecule has 1 aromatic rings. The maximum absolute atomic E-state index is 11.7. The van der Waals surface area contributed by atoms with Crippen molar-refractivity contribution >= 4 is 24.0 Å². The number of likely N-dealkylation sites (N-methyl/N-ethyl adjacent to an activating group) is 1. The summed E-state index contributed by atoms with van der Waals surface area (Å²) in [5.74, 6) is 1.59. The summed E-state index contributed by atoms with van der Waals surface area (Å²) in [5, 5.41) is 3.39. The van der Waals surface area contributed by atoms with Crippen LogP contribution in [0, 0.1) is 5.92 Å². The van der Waals surface area contributed by atoms with Crippen molar-refractivity contribution in [1.82, 2.24) is 5.32 Å². The molecule has 0 bridgehead atoms. The zero-order chi connectivity index (χ0) is 13.2. The molecule has 0 spiro atoms. The van der Waals surface area contributed by atoms with Gasteiger partial charge in [-0.25, -0.2) is 0 Å². The zero-order valence-corrected chi connectivity index (χ0v) is 12.5. The van der Waals surface area contributed by atoms with Crippen LogP contribution < -0.4 is 15.0 Å².